The van der Waals surface area contributed by atoms with E-state index in [9.17, 15) is 4.79 Å². The lowest BCUT2D eigenvalue weighted by Crippen LogP contribution is -2.39. The second kappa shape index (κ2) is 8.39. The summed E-state index contributed by atoms with van der Waals surface area (Å²) in [5.41, 5.74) is 1.63. The van der Waals surface area contributed by atoms with Crippen LogP contribution in [0.5, 0.6) is 0 Å². The Kier molecular flexibility index (Phi) is 7.19. The quantitative estimate of drug-likeness (QED) is 0.679. The lowest BCUT2D eigenvalue weighted by atomic mass is 10.1. The third-order valence-corrected chi connectivity index (χ3v) is 3.62. The molecule has 0 radical (unpaired) electrons. The van der Waals surface area contributed by atoms with Crippen molar-refractivity contribution in [1.82, 2.24) is 0 Å². The van der Waals surface area contributed by atoms with Crippen LogP contribution in [-0.2, 0) is 9.47 Å². The highest BCUT2D eigenvalue weighted by molar-refractivity contribution is 9.10. The lowest BCUT2D eigenvalue weighted by molar-refractivity contribution is 0.101. The van der Waals surface area contributed by atoms with Gasteiger partial charge in [0.2, 0.25) is 0 Å². The average Bonchev–Trinajstić information content (AvgIpc) is 2.40. The van der Waals surface area contributed by atoms with Gasteiger partial charge in [0.1, 0.15) is 0 Å². The van der Waals surface area contributed by atoms with Crippen LogP contribution in [0.1, 0.15) is 24.2 Å². The highest BCUT2D eigenvalue weighted by atomic mass is 79.9. The number of nitrogens with zero attached hydrogens (tertiary/aromatic N) is 1. The van der Waals surface area contributed by atoms with Crippen molar-refractivity contribution in [1.29, 1.82) is 0 Å². The molecule has 1 rings (SSSR count). The summed E-state index contributed by atoms with van der Waals surface area (Å²) in [4.78, 5) is 14.0. The molecular weight excluding hydrogens is 322 g/mol. The molecule has 0 N–H and O–H groups in total. The van der Waals surface area contributed by atoms with Gasteiger partial charge in [0.15, 0.2) is 5.78 Å². The van der Waals surface area contributed by atoms with Crippen LogP contribution in [0.4, 0.5) is 5.69 Å². The predicted molar refractivity (Wildman–Crippen MR) is 84.7 cm³/mol. The molecule has 1 aromatic carbocycles. The van der Waals surface area contributed by atoms with E-state index in [0.29, 0.717) is 25.3 Å². The van der Waals surface area contributed by atoms with Crippen molar-refractivity contribution in [3.63, 3.8) is 0 Å². The summed E-state index contributed by atoms with van der Waals surface area (Å²) in [6.45, 7) is 5.56. The zero-order valence-electron chi connectivity index (χ0n) is 12.5. The normalized spacial score (nSPS) is 12.2. The Bertz CT molecular complexity index is 451. The molecule has 0 aliphatic rings. The Labute approximate surface area is 129 Å². The van der Waals surface area contributed by atoms with Crippen LogP contribution in [0.3, 0.4) is 0 Å². The molecule has 0 heterocycles. The molecule has 0 aliphatic carbocycles. The molecule has 0 saturated carbocycles. The number of anilines is 1. The molecule has 5 heteroatoms. The van der Waals surface area contributed by atoms with Gasteiger partial charge in [0.25, 0.3) is 0 Å². The van der Waals surface area contributed by atoms with Gasteiger partial charge < -0.3 is 14.4 Å². The molecule has 0 amide bonds. The minimum atomic E-state index is 0.0494. The van der Waals surface area contributed by atoms with Crippen LogP contribution < -0.4 is 4.90 Å². The number of halogens is 1. The van der Waals surface area contributed by atoms with Gasteiger partial charge in [-0.2, -0.15) is 0 Å². The summed E-state index contributed by atoms with van der Waals surface area (Å²) in [7, 11) is 3.35. The highest BCUT2D eigenvalue weighted by Gasteiger charge is 2.19. The first kappa shape index (κ1) is 17.1. The summed E-state index contributed by atoms with van der Waals surface area (Å²) in [5, 5.41) is 0. The Morgan fingerprint density at radius 2 is 2.05 bits per heavy atom. The zero-order valence-corrected chi connectivity index (χ0v) is 14.1. The number of rotatable bonds is 8. The van der Waals surface area contributed by atoms with Crippen molar-refractivity contribution >= 4 is 27.4 Å². The number of hydrogen-bond donors (Lipinski definition) is 0. The van der Waals surface area contributed by atoms with Crippen LogP contribution >= 0.6 is 15.9 Å². The Hall–Kier alpha value is -0.910. The number of Topliss-reactive ketones (excluding diaryl/α,β-unsaturated/α-hetero) is 1. The third kappa shape index (κ3) is 4.58. The average molecular weight is 344 g/mol. The number of ether oxygens (including phenoxy) is 2. The van der Waals surface area contributed by atoms with Gasteiger partial charge in [-0.15, -0.1) is 0 Å². The Morgan fingerprint density at radius 1 is 1.35 bits per heavy atom. The maximum atomic E-state index is 11.9. The first-order chi connectivity index (χ1) is 9.51. The first-order valence-electron chi connectivity index (χ1n) is 6.56. The van der Waals surface area contributed by atoms with E-state index < -0.39 is 0 Å². The number of benzene rings is 1. The lowest BCUT2D eigenvalue weighted by Gasteiger charge is -2.32. The molecule has 20 heavy (non-hydrogen) atoms. The molecule has 0 bridgehead atoms. The molecular formula is C15H22BrNO3. The van der Waals surface area contributed by atoms with Crippen molar-refractivity contribution in [2.75, 3.05) is 38.9 Å². The van der Waals surface area contributed by atoms with E-state index in [2.05, 4.69) is 27.8 Å². The minimum absolute atomic E-state index is 0.0494. The maximum Gasteiger partial charge on any atom is 0.161 e. The number of carbonyl (C=O) groups excluding carboxylic acids is 1. The van der Waals surface area contributed by atoms with Gasteiger partial charge in [0, 0.05) is 42.5 Å². The molecule has 0 aromatic heterocycles. The van der Waals surface area contributed by atoms with Gasteiger partial charge in [-0.05, 0) is 32.0 Å². The molecule has 1 unspecified atom stereocenters. The summed E-state index contributed by atoms with van der Waals surface area (Å²) in [6.07, 6.45) is 0. The van der Waals surface area contributed by atoms with Gasteiger partial charge in [-0.3, -0.25) is 4.79 Å². The monoisotopic (exact) mass is 343 g/mol. The van der Waals surface area contributed by atoms with E-state index >= 15 is 0 Å². The fourth-order valence-electron chi connectivity index (χ4n) is 2.14. The van der Waals surface area contributed by atoms with Crippen LogP contribution in [-0.4, -0.2) is 45.8 Å². The SMILES string of the molecule is COCCN(c1ccc(Br)cc1C(C)=O)C(C)COC. The number of hydrogen-bond acceptors (Lipinski definition) is 4. The number of ketones is 1. The van der Waals surface area contributed by atoms with Gasteiger partial charge in [-0.1, -0.05) is 15.9 Å². The van der Waals surface area contributed by atoms with Crippen molar-refractivity contribution in [3.05, 3.63) is 28.2 Å². The molecule has 0 fully saturated rings. The molecule has 112 valence electrons. The van der Waals surface area contributed by atoms with Gasteiger partial charge in [-0.25, -0.2) is 0 Å². The van der Waals surface area contributed by atoms with E-state index in [0.717, 1.165) is 10.2 Å². The van der Waals surface area contributed by atoms with E-state index in [1.807, 2.05) is 18.2 Å². The first-order valence-corrected chi connectivity index (χ1v) is 7.35. The molecule has 0 spiro atoms. The predicted octanol–water partition coefficient (Wildman–Crippen LogP) is 3.14. The summed E-state index contributed by atoms with van der Waals surface area (Å²) >= 11 is 3.41. The highest BCUT2D eigenvalue weighted by Crippen LogP contribution is 2.26. The maximum absolute atomic E-state index is 11.9. The standard InChI is InChI=1S/C15H22BrNO3/c1-11(10-20-4)17(7-8-19-3)15-6-5-13(16)9-14(15)12(2)18/h5-6,9,11H,7-8,10H2,1-4H3. The third-order valence-electron chi connectivity index (χ3n) is 3.12. The van der Waals surface area contributed by atoms with Crippen molar-refractivity contribution in [2.45, 2.75) is 19.9 Å². The van der Waals surface area contributed by atoms with Crippen LogP contribution in [0.15, 0.2) is 22.7 Å². The molecule has 1 aromatic rings. The molecule has 1 atom stereocenters. The minimum Gasteiger partial charge on any atom is -0.383 e. The number of methoxy groups -OCH3 is 2. The second-order valence-electron chi connectivity index (χ2n) is 4.71. The topological polar surface area (TPSA) is 38.8 Å². The summed E-state index contributed by atoms with van der Waals surface area (Å²) in [5.74, 6) is 0.0494. The van der Waals surface area contributed by atoms with Crippen molar-refractivity contribution in [2.24, 2.45) is 0 Å². The summed E-state index contributed by atoms with van der Waals surface area (Å²) < 4.78 is 11.3. The molecule has 4 nitrogen and oxygen atoms in total. The second-order valence-corrected chi connectivity index (χ2v) is 5.62. The van der Waals surface area contributed by atoms with Gasteiger partial charge >= 0.3 is 0 Å². The smallest absolute Gasteiger partial charge is 0.161 e. The van der Waals surface area contributed by atoms with Crippen LogP contribution in [0.2, 0.25) is 0 Å². The van der Waals surface area contributed by atoms with Crippen LogP contribution in [0.25, 0.3) is 0 Å². The van der Waals surface area contributed by atoms with Crippen LogP contribution in [0, 0.1) is 0 Å². The van der Waals surface area contributed by atoms with Gasteiger partial charge in [0.05, 0.1) is 13.2 Å². The molecule has 0 saturated heterocycles. The van der Waals surface area contributed by atoms with Crippen molar-refractivity contribution < 1.29 is 14.3 Å². The fourth-order valence-corrected chi connectivity index (χ4v) is 2.50. The zero-order chi connectivity index (χ0) is 15.1. The Balaban J connectivity index is 3.14. The van der Waals surface area contributed by atoms with E-state index in [1.165, 1.54) is 0 Å². The molecule has 0 aliphatic heterocycles. The van der Waals surface area contributed by atoms with E-state index in [-0.39, 0.29) is 11.8 Å². The van der Waals surface area contributed by atoms with E-state index in [4.69, 9.17) is 9.47 Å². The Morgan fingerprint density at radius 3 is 2.60 bits per heavy atom. The summed E-state index contributed by atoms with van der Waals surface area (Å²) in [6, 6.07) is 5.93. The number of carbonyl (C=O) groups is 1. The largest absolute Gasteiger partial charge is 0.383 e. The fraction of sp³-hybridized carbons (Fsp3) is 0.533. The van der Waals surface area contributed by atoms with E-state index in [1.54, 1.807) is 21.1 Å². The van der Waals surface area contributed by atoms with Crippen molar-refractivity contribution in [3.8, 4) is 0 Å².